The van der Waals surface area contributed by atoms with E-state index in [1.165, 1.54) is 0 Å². The lowest BCUT2D eigenvalue weighted by Crippen LogP contribution is -2.32. The molecule has 0 saturated carbocycles. The highest BCUT2D eigenvalue weighted by Gasteiger charge is 2.38. The summed E-state index contributed by atoms with van der Waals surface area (Å²) in [4.78, 5) is 38.2. The van der Waals surface area contributed by atoms with Crippen molar-refractivity contribution in [3.8, 4) is 0 Å². The van der Waals surface area contributed by atoms with Gasteiger partial charge in [-0.25, -0.2) is 9.69 Å². The lowest BCUT2D eigenvalue weighted by molar-refractivity contribution is -0.120. The van der Waals surface area contributed by atoms with Gasteiger partial charge in [-0.2, -0.15) is 0 Å². The average molecular weight is 413 g/mol. The summed E-state index contributed by atoms with van der Waals surface area (Å²) in [6.07, 6.45) is 1.75. The second-order valence-electron chi connectivity index (χ2n) is 6.66. The summed E-state index contributed by atoms with van der Waals surface area (Å²) in [7, 11) is 0. The molecule has 2 aromatic rings. The normalized spacial score (nSPS) is 13.8. The van der Waals surface area contributed by atoms with Crippen LogP contribution in [0, 0.1) is 6.92 Å². The van der Waals surface area contributed by atoms with Crippen LogP contribution in [-0.2, 0) is 14.3 Å². The van der Waals surface area contributed by atoms with Crippen LogP contribution in [0.25, 0.3) is 0 Å². The van der Waals surface area contributed by atoms with Crippen molar-refractivity contribution >= 4 is 40.8 Å². The maximum atomic E-state index is 12.8. The van der Waals surface area contributed by atoms with Crippen LogP contribution in [-0.4, -0.2) is 24.4 Å². The quantitative estimate of drug-likeness (QED) is 0.414. The molecule has 0 unspecified atom stereocenters. The molecule has 3 rings (SSSR count). The Morgan fingerprint density at radius 2 is 1.69 bits per heavy atom. The molecule has 1 heterocycles. The number of aryl methyl sites for hydroxylation is 1. The van der Waals surface area contributed by atoms with Gasteiger partial charge in [0.15, 0.2) is 0 Å². The van der Waals surface area contributed by atoms with Crippen LogP contribution in [0.3, 0.4) is 0 Å². The van der Waals surface area contributed by atoms with Gasteiger partial charge in [0.05, 0.1) is 17.9 Å². The first kappa shape index (κ1) is 20.6. The van der Waals surface area contributed by atoms with Gasteiger partial charge in [0.2, 0.25) is 0 Å². The van der Waals surface area contributed by atoms with Gasteiger partial charge in [0.25, 0.3) is 11.8 Å². The van der Waals surface area contributed by atoms with Crippen molar-refractivity contribution in [2.24, 2.45) is 0 Å². The number of imide groups is 1. The zero-order chi connectivity index (χ0) is 21.0. The van der Waals surface area contributed by atoms with Crippen molar-refractivity contribution in [1.82, 2.24) is 0 Å². The molecule has 29 heavy (non-hydrogen) atoms. The Bertz CT molecular complexity index is 965. The highest BCUT2D eigenvalue weighted by Crippen LogP contribution is 2.30. The third-order valence-electron chi connectivity index (χ3n) is 4.44. The molecular formula is C22H21ClN2O4. The number of halogens is 1. The van der Waals surface area contributed by atoms with Gasteiger partial charge in [-0.1, -0.05) is 42.6 Å². The van der Waals surface area contributed by atoms with Crippen molar-refractivity contribution in [3.63, 3.8) is 0 Å². The third kappa shape index (κ3) is 4.49. The molecule has 150 valence electrons. The van der Waals surface area contributed by atoms with Gasteiger partial charge in [0, 0.05) is 5.69 Å². The van der Waals surface area contributed by atoms with E-state index in [4.69, 9.17) is 16.3 Å². The van der Waals surface area contributed by atoms with E-state index in [-0.39, 0.29) is 10.7 Å². The van der Waals surface area contributed by atoms with Crippen molar-refractivity contribution < 1.29 is 19.1 Å². The molecule has 0 radical (unpaired) electrons. The number of hydrogen-bond donors (Lipinski definition) is 1. The molecule has 0 fully saturated rings. The fraction of sp³-hybridized carbons (Fsp3) is 0.227. The summed E-state index contributed by atoms with van der Waals surface area (Å²) in [5, 5.41) is 2.70. The molecule has 2 amide bonds. The molecule has 2 aromatic carbocycles. The number of carbonyl (C=O) groups excluding carboxylic acids is 3. The number of esters is 1. The van der Waals surface area contributed by atoms with Crippen molar-refractivity contribution in [1.29, 1.82) is 0 Å². The molecule has 0 atom stereocenters. The number of ether oxygens (including phenoxy) is 1. The molecule has 6 nitrogen and oxygen atoms in total. The molecule has 0 spiro atoms. The number of benzene rings is 2. The Morgan fingerprint density at radius 1 is 1.03 bits per heavy atom. The van der Waals surface area contributed by atoms with Crippen molar-refractivity contribution in [3.05, 3.63) is 70.4 Å². The lowest BCUT2D eigenvalue weighted by Gasteiger charge is -2.15. The smallest absolute Gasteiger partial charge is 0.338 e. The number of anilines is 2. The first-order chi connectivity index (χ1) is 13.9. The summed E-state index contributed by atoms with van der Waals surface area (Å²) in [6.45, 7) is 4.31. The van der Waals surface area contributed by atoms with Crippen LogP contribution in [0.4, 0.5) is 11.4 Å². The maximum absolute atomic E-state index is 12.8. The van der Waals surface area contributed by atoms with Crippen LogP contribution in [0.2, 0.25) is 0 Å². The van der Waals surface area contributed by atoms with Crippen LogP contribution < -0.4 is 10.2 Å². The van der Waals surface area contributed by atoms with E-state index >= 15 is 0 Å². The van der Waals surface area contributed by atoms with Crippen LogP contribution in [0.5, 0.6) is 0 Å². The van der Waals surface area contributed by atoms with E-state index in [2.05, 4.69) is 5.32 Å². The van der Waals surface area contributed by atoms with Gasteiger partial charge in [-0.05, 0) is 49.7 Å². The number of hydrogen-bond acceptors (Lipinski definition) is 5. The standard InChI is InChI=1S/C22H21ClN2O4/c1-3-4-13-29-22(28)15-7-9-16(10-8-15)24-19-18(23)20(26)25(21(19)27)17-11-5-14(2)6-12-17/h5-12,24H,3-4,13H2,1-2H3. The predicted molar refractivity (Wildman–Crippen MR) is 112 cm³/mol. The molecule has 1 N–H and O–H groups in total. The molecule has 0 bridgehead atoms. The summed E-state index contributed by atoms with van der Waals surface area (Å²) in [5.41, 5.74) is 2.39. The largest absolute Gasteiger partial charge is 0.462 e. The fourth-order valence-corrected chi connectivity index (χ4v) is 2.98. The zero-order valence-corrected chi connectivity index (χ0v) is 17.0. The third-order valence-corrected chi connectivity index (χ3v) is 4.79. The average Bonchev–Trinajstić information content (AvgIpc) is 2.93. The van der Waals surface area contributed by atoms with Crippen molar-refractivity contribution in [2.45, 2.75) is 26.7 Å². The number of nitrogens with zero attached hydrogens (tertiary/aromatic N) is 1. The summed E-state index contributed by atoms with van der Waals surface area (Å²) in [6, 6.07) is 13.4. The number of nitrogens with one attached hydrogen (secondary N) is 1. The number of unbranched alkanes of at least 4 members (excludes halogenated alkanes) is 1. The second kappa shape index (κ2) is 8.92. The maximum Gasteiger partial charge on any atom is 0.338 e. The Kier molecular flexibility index (Phi) is 6.34. The van der Waals surface area contributed by atoms with E-state index in [0.29, 0.717) is 23.5 Å². The molecule has 7 heteroatoms. The fourth-order valence-electron chi connectivity index (χ4n) is 2.77. The Balaban J connectivity index is 1.72. The van der Waals surface area contributed by atoms with Crippen molar-refractivity contribution in [2.75, 3.05) is 16.8 Å². The Morgan fingerprint density at radius 3 is 2.31 bits per heavy atom. The minimum absolute atomic E-state index is 0.00415. The SMILES string of the molecule is CCCCOC(=O)c1ccc(NC2=C(Cl)C(=O)N(c3ccc(C)cc3)C2=O)cc1. The second-order valence-corrected chi connectivity index (χ2v) is 7.04. The molecule has 1 aliphatic heterocycles. The zero-order valence-electron chi connectivity index (χ0n) is 16.2. The first-order valence-electron chi connectivity index (χ1n) is 9.31. The number of rotatable bonds is 7. The topological polar surface area (TPSA) is 75.7 Å². The molecule has 0 aliphatic carbocycles. The van der Waals surface area contributed by atoms with E-state index in [1.54, 1.807) is 36.4 Å². The van der Waals surface area contributed by atoms with E-state index in [9.17, 15) is 14.4 Å². The number of carbonyl (C=O) groups is 3. The minimum Gasteiger partial charge on any atom is -0.462 e. The van der Waals surface area contributed by atoms with Gasteiger partial charge in [-0.15, -0.1) is 0 Å². The van der Waals surface area contributed by atoms with Gasteiger partial charge < -0.3 is 10.1 Å². The van der Waals surface area contributed by atoms with Crippen LogP contribution in [0.1, 0.15) is 35.7 Å². The summed E-state index contributed by atoms with van der Waals surface area (Å²) in [5.74, 6) is -1.52. The van der Waals surface area contributed by atoms with Gasteiger partial charge in [0.1, 0.15) is 10.7 Å². The van der Waals surface area contributed by atoms with Crippen LogP contribution >= 0.6 is 11.6 Å². The Hall–Kier alpha value is -3.12. The highest BCUT2D eigenvalue weighted by atomic mass is 35.5. The lowest BCUT2D eigenvalue weighted by atomic mass is 10.2. The minimum atomic E-state index is -0.584. The predicted octanol–water partition coefficient (Wildman–Crippen LogP) is 4.39. The molecular weight excluding hydrogens is 392 g/mol. The molecule has 0 saturated heterocycles. The summed E-state index contributed by atoms with van der Waals surface area (Å²) >= 11 is 6.13. The van der Waals surface area contributed by atoms with E-state index in [0.717, 1.165) is 23.3 Å². The number of amides is 2. The van der Waals surface area contributed by atoms with Gasteiger partial charge >= 0.3 is 5.97 Å². The van der Waals surface area contributed by atoms with Gasteiger partial charge in [-0.3, -0.25) is 9.59 Å². The monoisotopic (exact) mass is 412 g/mol. The van der Waals surface area contributed by atoms with Crippen LogP contribution in [0.15, 0.2) is 59.3 Å². The van der Waals surface area contributed by atoms with E-state index in [1.807, 2.05) is 26.0 Å². The Labute approximate surface area is 174 Å². The molecule has 1 aliphatic rings. The highest BCUT2D eigenvalue weighted by molar-refractivity contribution is 6.53. The summed E-state index contributed by atoms with van der Waals surface area (Å²) < 4.78 is 5.17. The molecule has 0 aromatic heterocycles. The first-order valence-corrected chi connectivity index (χ1v) is 9.69. The van der Waals surface area contributed by atoms with E-state index < -0.39 is 17.8 Å².